The summed E-state index contributed by atoms with van der Waals surface area (Å²) in [6, 6.07) is 20.1. The predicted octanol–water partition coefficient (Wildman–Crippen LogP) is 6.63. The SMILES string of the molecule is CCCCC1(CCCC)CN(c2ccccc2)c2cc(SC)c(OCC(=O)N[C@@H](C(=O)N[C@H](CSC)C(C)=O)c3ccccc3)cc2S(=O)(=O)N1. The molecule has 2 atom stereocenters. The molecular weight excluding hydrogens is 705 g/mol. The van der Waals surface area contributed by atoms with Crippen molar-refractivity contribution >= 4 is 62.5 Å². The molecule has 1 heterocycles. The Bertz CT molecular complexity index is 1730. The van der Waals surface area contributed by atoms with Gasteiger partial charge < -0.3 is 20.3 Å². The number of benzene rings is 3. The van der Waals surface area contributed by atoms with Crippen molar-refractivity contribution in [1.82, 2.24) is 15.4 Å². The van der Waals surface area contributed by atoms with E-state index in [1.165, 1.54) is 36.5 Å². The summed E-state index contributed by atoms with van der Waals surface area (Å²) < 4.78 is 37.8. The van der Waals surface area contributed by atoms with E-state index in [1.54, 1.807) is 30.3 Å². The Morgan fingerprint density at radius 1 is 0.941 bits per heavy atom. The molecule has 13 heteroatoms. The number of hydrogen-bond acceptors (Lipinski definition) is 9. The van der Waals surface area contributed by atoms with E-state index in [0.29, 0.717) is 41.3 Å². The molecule has 3 aromatic carbocycles. The van der Waals surface area contributed by atoms with Crippen LogP contribution in [0.15, 0.2) is 82.6 Å². The number of amides is 2. The number of ketones is 1. The van der Waals surface area contributed by atoms with E-state index >= 15 is 0 Å². The summed E-state index contributed by atoms with van der Waals surface area (Å²) in [6.07, 6.45) is 8.72. The first-order chi connectivity index (χ1) is 24.5. The van der Waals surface area contributed by atoms with E-state index < -0.39 is 46.1 Å². The number of nitrogens with zero attached hydrogens (tertiary/aromatic N) is 1. The van der Waals surface area contributed by atoms with E-state index in [-0.39, 0.29) is 16.4 Å². The highest BCUT2D eigenvalue weighted by molar-refractivity contribution is 7.99. The number of unbranched alkanes of at least 4 members (excludes halogenated alkanes) is 2. The fourth-order valence-corrected chi connectivity index (χ4v) is 9.07. The van der Waals surface area contributed by atoms with Crippen molar-refractivity contribution in [3.8, 4) is 5.75 Å². The molecule has 51 heavy (non-hydrogen) atoms. The zero-order valence-electron chi connectivity index (χ0n) is 30.1. The fraction of sp³-hybridized carbons (Fsp3) is 0.447. The van der Waals surface area contributed by atoms with E-state index in [9.17, 15) is 22.8 Å². The molecule has 2 amide bonds. The minimum absolute atomic E-state index is 0.0695. The minimum Gasteiger partial charge on any atom is -0.483 e. The number of sulfonamides is 1. The molecule has 10 nitrogen and oxygen atoms in total. The zero-order chi connectivity index (χ0) is 37.0. The molecule has 3 aromatic rings. The van der Waals surface area contributed by atoms with Crippen LogP contribution in [-0.2, 0) is 24.4 Å². The third-order valence-electron chi connectivity index (χ3n) is 8.92. The van der Waals surface area contributed by atoms with Gasteiger partial charge in [0.2, 0.25) is 15.9 Å². The van der Waals surface area contributed by atoms with Crippen molar-refractivity contribution in [2.45, 2.75) is 86.7 Å². The van der Waals surface area contributed by atoms with Crippen molar-refractivity contribution in [2.75, 3.05) is 36.3 Å². The summed E-state index contributed by atoms with van der Waals surface area (Å²) >= 11 is 2.82. The molecule has 0 unspecified atom stereocenters. The Kier molecular flexibility index (Phi) is 14.9. The van der Waals surface area contributed by atoms with Crippen molar-refractivity contribution in [3.05, 3.63) is 78.4 Å². The van der Waals surface area contributed by atoms with E-state index in [2.05, 4.69) is 34.1 Å². The number of carbonyl (C=O) groups is 3. The molecule has 0 radical (unpaired) electrons. The van der Waals surface area contributed by atoms with Gasteiger partial charge in [0.05, 0.1) is 22.2 Å². The molecule has 0 aromatic heterocycles. The van der Waals surface area contributed by atoms with Gasteiger partial charge in [-0.15, -0.1) is 11.8 Å². The van der Waals surface area contributed by atoms with Crippen LogP contribution in [0.1, 0.15) is 70.9 Å². The molecule has 4 rings (SSSR count). The molecule has 0 spiro atoms. The largest absolute Gasteiger partial charge is 0.483 e. The summed E-state index contributed by atoms with van der Waals surface area (Å²) in [5.41, 5.74) is 1.27. The standard InChI is InChI=1S/C38H50N4O6S3/c1-6-8-20-38(21-9-7-2)26-42(29-18-14-11-15-19-29)31-22-33(50-5)32(23-34(31)51(46,47)41-38)48-24-35(44)40-36(28-16-12-10-13-17-28)37(45)39-30(25-49-4)27(3)43/h10-19,22-23,30,36,41H,6-9,20-21,24-26H2,1-5H3,(H,39,45)(H,40,44)/t30-,36-/m1/s1. The lowest BCUT2D eigenvalue weighted by molar-refractivity contribution is -0.131. The maximum absolute atomic E-state index is 14.3. The molecule has 0 saturated carbocycles. The molecule has 1 aliphatic heterocycles. The smallest absolute Gasteiger partial charge is 0.258 e. The van der Waals surface area contributed by atoms with E-state index in [0.717, 1.165) is 31.4 Å². The Morgan fingerprint density at radius 2 is 1.57 bits per heavy atom. The van der Waals surface area contributed by atoms with Crippen molar-refractivity contribution in [3.63, 3.8) is 0 Å². The number of rotatable bonds is 18. The highest BCUT2D eigenvalue weighted by Crippen LogP contribution is 2.44. The minimum atomic E-state index is -4.03. The van der Waals surface area contributed by atoms with Gasteiger partial charge in [0.1, 0.15) is 16.7 Å². The lowest BCUT2D eigenvalue weighted by Gasteiger charge is -2.37. The van der Waals surface area contributed by atoms with Crippen molar-refractivity contribution in [1.29, 1.82) is 0 Å². The molecule has 3 N–H and O–H groups in total. The van der Waals surface area contributed by atoms with Gasteiger partial charge in [-0.25, -0.2) is 13.1 Å². The Hall–Kier alpha value is -3.52. The molecule has 0 fully saturated rings. The third kappa shape index (κ3) is 10.5. The topological polar surface area (TPSA) is 134 Å². The average molecular weight is 755 g/mol. The second kappa shape index (κ2) is 18.8. The molecular formula is C38H50N4O6S3. The Morgan fingerprint density at radius 3 is 2.14 bits per heavy atom. The Balaban J connectivity index is 1.67. The van der Waals surface area contributed by atoms with E-state index in [4.69, 9.17) is 4.74 Å². The van der Waals surface area contributed by atoms with Gasteiger partial charge in [-0.3, -0.25) is 14.4 Å². The summed E-state index contributed by atoms with van der Waals surface area (Å²) in [7, 11) is -4.03. The molecule has 276 valence electrons. The third-order valence-corrected chi connectivity index (χ3v) is 12.0. The van der Waals surface area contributed by atoms with Gasteiger partial charge in [-0.1, -0.05) is 88.1 Å². The van der Waals surface area contributed by atoms with Crippen LogP contribution in [0.5, 0.6) is 5.75 Å². The van der Waals surface area contributed by atoms with Gasteiger partial charge in [-0.05, 0) is 56.0 Å². The zero-order valence-corrected chi connectivity index (χ0v) is 32.5. The van der Waals surface area contributed by atoms with Crippen molar-refractivity contribution < 1.29 is 27.5 Å². The van der Waals surface area contributed by atoms with Crippen molar-refractivity contribution in [2.24, 2.45) is 0 Å². The van der Waals surface area contributed by atoms with Gasteiger partial charge in [-0.2, -0.15) is 11.8 Å². The van der Waals surface area contributed by atoms with Crippen LogP contribution in [0, 0.1) is 0 Å². The number of Topliss-reactive ketones (excluding diaryl/α,β-unsaturated/α-hetero) is 1. The van der Waals surface area contributed by atoms with E-state index in [1.807, 2.05) is 48.9 Å². The normalized spacial score (nSPS) is 15.9. The first-order valence-corrected chi connectivity index (χ1v) is 21.4. The van der Waals surface area contributed by atoms with Crippen LogP contribution in [0.2, 0.25) is 0 Å². The van der Waals surface area contributed by atoms with Crippen LogP contribution in [-0.4, -0.2) is 69.0 Å². The molecule has 0 saturated heterocycles. The number of nitrogens with one attached hydrogen (secondary N) is 3. The highest BCUT2D eigenvalue weighted by atomic mass is 32.2. The first-order valence-electron chi connectivity index (χ1n) is 17.3. The Labute approximate surface area is 311 Å². The number of hydrogen-bond donors (Lipinski definition) is 3. The molecule has 0 aliphatic carbocycles. The highest BCUT2D eigenvalue weighted by Gasteiger charge is 2.42. The summed E-state index contributed by atoms with van der Waals surface area (Å²) in [5.74, 6) is -0.661. The summed E-state index contributed by atoms with van der Waals surface area (Å²) in [6.45, 7) is 5.62. The van der Waals surface area contributed by atoms with Gasteiger partial charge in [0.25, 0.3) is 5.91 Å². The fourth-order valence-electron chi connectivity index (χ4n) is 6.22. The van der Waals surface area contributed by atoms with Gasteiger partial charge in [0, 0.05) is 24.1 Å². The van der Waals surface area contributed by atoms with Crippen LogP contribution in [0.25, 0.3) is 0 Å². The number of ether oxygens (including phenoxy) is 1. The van der Waals surface area contributed by atoms with Crippen LogP contribution >= 0.6 is 23.5 Å². The summed E-state index contributed by atoms with van der Waals surface area (Å²) in [4.78, 5) is 41.8. The second-order valence-corrected chi connectivity index (χ2v) is 16.2. The lowest BCUT2D eigenvalue weighted by Crippen LogP contribution is -2.53. The molecule has 1 aliphatic rings. The number of para-hydroxylation sites is 1. The maximum atomic E-state index is 14.3. The first kappa shape index (κ1) is 40.3. The number of fused-ring (bicyclic) bond motifs is 1. The predicted molar refractivity (Wildman–Crippen MR) is 208 cm³/mol. The quantitative estimate of drug-likeness (QED) is 0.122. The summed E-state index contributed by atoms with van der Waals surface area (Å²) in [5, 5.41) is 5.52. The van der Waals surface area contributed by atoms with Gasteiger partial charge >= 0.3 is 0 Å². The number of carbonyl (C=O) groups excluding carboxylic acids is 3. The average Bonchev–Trinajstić information content (AvgIpc) is 3.22. The molecule has 0 bridgehead atoms. The second-order valence-electron chi connectivity index (χ2n) is 12.8. The number of thioether (sulfide) groups is 2. The monoisotopic (exact) mass is 754 g/mol. The lowest BCUT2D eigenvalue weighted by atomic mass is 9.87. The van der Waals surface area contributed by atoms with Crippen LogP contribution in [0.3, 0.4) is 0 Å². The number of anilines is 2. The van der Waals surface area contributed by atoms with Crippen LogP contribution < -0.4 is 25.0 Å². The maximum Gasteiger partial charge on any atom is 0.258 e. The van der Waals surface area contributed by atoms with Gasteiger partial charge in [0.15, 0.2) is 12.4 Å². The van der Waals surface area contributed by atoms with Crippen LogP contribution in [0.4, 0.5) is 11.4 Å².